The molecule has 0 radical (unpaired) electrons. The average Bonchev–Trinajstić information content (AvgIpc) is 2.61. The Labute approximate surface area is 149 Å². The van der Waals surface area contributed by atoms with E-state index in [9.17, 15) is 4.79 Å². The summed E-state index contributed by atoms with van der Waals surface area (Å²) in [6.07, 6.45) is 5.19. The van der Waals surface area contributed by atoms with Crippen LogP contribution in [0, 0.1) is 5.92 Å². The molecule has 1 aliphatic rings. The second-order valence-corrected chi connectivity index (χ2v) is 6.34. The predicted octanol–water partition coefficient (Wildman–Crippen LogP) is 1.53. The van der Waals surface area contributed by atoms with E-state index in [2.05, 4.69) is 27.1 Å². The van der Waals surface area contributed by atoms with Gasteiger partial charge in [-0.3, -0.25) is 9.79 Å². The van der Waals surface area contributed by atoms with Gasteiger partial charge in [0.25, 0.3) is 0 Å². The number of hydrogen-bond donors (Lipinski definition) is 2. The van der Waals surface area contributed by atoms with E-state index in [-0.39, 0.29) is 5.91 Å². The number of rotatable bonds is 7. The van der Waals surface area contributed by atoms with Crippen molar-refractivity contribution in [3.63, 3.8) is 0 Å². The highest BCUT2D eigenvalue weighted by atomic mass is 16.5. The fraction of sp³-hybridized carbons (Fsp3) is 0.611. The van der Waals surface area contributed by atoms with E-state index in [1.54, 1.807) is 13.2 Å². The Balaban J connectivity index is 1.95. The number of guanidine groups is 1. The van der Waals surface area contributed by atoms with Crippen molar-refractivity contribution in [1.82, 2.24) is 15.2 Å². The summed E-state index contributed by atoms with van der Waals surface area (Å²) in [5.74, 6) is 1.56. The third-order valence-corrected chi connectivity index (χ3v) is 4.25. The molecular weight excluding hydrogens is 318 g/mol. The standard InChI is InChI=1S/C18H29N5O2/c1-3-10-25-17-15(7-4-8-21-17)12-22-18(20-2)23-9-5-6-14(13-23)11-16(19)24/h4,7-8,14H,3,5-6,9-13H2,1-2H3,(H2,19,24)(H,20,22). The molecule has 138 valence electrons. The molecule has 1 atom stereocenters. The molecule has 1 unspecified atom stereocenters. The van der Waals surface area contributed by atoms with Gasteiger partial charge in [-0.2, -0.15) is 0 Å². The molecule has 1 aromatic rings. The molecule has 1 aromatic heterocycles. The number of primary amides is 1. The minimum absolute atomic E-state index is 0.233. The van der Waals surface area contributed by atoms with Gasteiger partial charge in [0.2, 0.25) is 11.8 Å². The Kier molecular flexibility index (Phi) is 7.50. The van der Waals surface area contributed by atoms with E-state index in [4.69, 9.17) is 10.5 Å². The van der Waals surface area contributed by atoms with Crippen LogP contribution in [0.3, 0.4) is 0 Å². The zero-order valence-corrected chi connectivity index (χ0v) is 15.2. The lowest BCUT2D eigenvalue weighted by atomic mass is 9.95. The van der Waals surface area contributed by atoms with E-state index in [1.807, 2.05) is 12.1 Å². The van der Waals surface area contributed by atoms with Gasteiger partial charge >= 0.3 is 0 Å². The van der Waals surface area contributed by atoms with Crippen LogP contribution in [0.5, 0.6) is 5.88 Å². The number of nitrogens with one attached hydrogen (secondary N) is 1. The number of piperidine rings is 1. The zero-order valence-electron chi connectivity index (χ0n) is 15.2. The van der Waals surface area contributed by atoms with Crippen LogP contribution in [0.1, 0.15) is 38.2 Å². The lowest BCUT2D eigenvalue weighted by molar-refractivity contribution is -0.119. The van der Waals surface area contributed by atoms with Crippen molar-refractivity contribution in [3.05, 3.63) is 23.9 Å². The van der Waals surface area contributed by atoms with Crippen LogP contribution in [-0.4, -0.2) is 48.5 Å². The molecule has 1 amide bonds. The topological polar surface area (TPSA) is 92.8 Å². The summed E-state index contributed by atoms with van der Waals surface area (Å²) in [7, 11) is 1.78. The minimum Gasteiger partial charge on any atom is -0.477 e. The quantitative estimate of drug-likeness (QED) is 0.576. The van der Waals surface area contributed by atoms with E-state index in [0.29, 0.717) is 31.4 Å². The summed E-state index contributed by atoms with van der Waals surface area (Å²) in [4.78, 5) is 22.1. The van der Waals surface area contributed by atoms with Crippen LogP contribution in [0.2, 0.25) is 0 Å². The van der Waals surface area contributed by atoms with E-state index in [0.717, 1.165) is 43.9 Å². The Morgan fingerprint density at radius 2 is 2.40 bits per heavy atom. The fourth-order valence-corrected chi connectivity index (χ4v) is 3.10. The van der Waals surface area contributed by atoms with Crippen molar-refractivity contribution in [1.29, 1.82) is 0 Å². The molecule has 1 fully saturated rings. The first-order chi connectivity index (χ1) is 12.1. The van der Waals surface area contributed by atoms with Crippen molar-refractivity contribution in [2.45, 2.75) is 39.2 Å². The van der Waals surface area contributed by atoms with E-state index in [1.165, 1.54) is 0 Å². The number of pyridine rings is 1. The molecule has 0 spiro atoms. The van der Waals surface area contributed by atoms with Gasteiger partial charge in [0, 0.05) is 44.9 Å². The molecule has 0 aromatic carbocycles. The Bertz CT molecular complexity index is 591. The van der Waals surface area contributed by atoms with Crippen molar-refractivity contribution in [2.24, 2.45) is 16.6 Å². The number of carbonyl (C=O) groups is 1. The summed E-state index contributed by atoms with van der Waals surface area (Å²) < 4.78 is 5.70. The smallest absolute Gasteiger partial charge is 0.218 e. The van der Waals surface area contributed by atoms with Gasteiger partial charge in [0.05, 0.1) is 6.61 Å². The molecular formula is C18H29N5O2. The normalized spacial score (nSPS) is 18.1. The fourth-order valence-electron chi connectivity index (χ4n) is 3.10. The third kappa shape index (κ3) is 5.92. The number of likely N-dealkylation sites (tertiary alicyclic amines) is 1. The SMILES string of the molecule is CCCOc1ncccc1CNC(=NC)N1CCCC(CC(N)=O)C1. The van der Waals surface area contributed by atoms with Crippen molar-refractivity contribution in [2.75, 3.05) is 26.7 Å². The van der Waals surface area contributed by atoms with Gasteiger partial charge in [-0.05, 0) is 31.2 Å². The molecule has 2 heterocycles. The number of nitrogens with zero attached hydrogens (tertiary/aromatic N) is 3. The van der Waals surface area contributed by atoms with Crippen molar-refractivity contribution in [3.8, 4) is 5.88 Å². The van der Waals surface area contributed by atoms with Gasteiger partial charge in [-0.15, -0.1) is 0 Å². The highest BCUT2D eigenvalue weighted by Crippen LogP contribution is 2.20. The number of hydrogen-bond acceptors (Lipinski definition) is 4. The number of amides is 1. The van der Waals surface area contributed by atoms with E-state index < -0.39 is 0 Å². The highest BCUT2D eigenvalue weighted by Gasteiger charge is 2.23. The van der Waals surface area contributed by atoms with Gasteiger partial charge in [0.1, 0.15) is 0 Å². The average molecular weight is 347 g/mol. The first-order valence-electron chi connectivity index (χ1n) is 8.94. The van der Waals surface area contributed by atoms with Gasteiger partial charge in [-0.1, -0.05) is 13.0 Å². The van der Waals surface area contributed by atoms with Gasteiger partial charge in [-0.25, -0.2) is 4.98 Å². The number of ether oxygens (including phenoxy) is 1. The Hall–Kier alpha value is -2.31. The molecule has 3 N–H and O–H groups in total. The zero-order chi connectivity index (χ0) is 18.1. The number of aromatic nitrogens is 1. The van der Waals surface area contributed by atoms with Crippen LogP contribution in [0.4, 0.5) is 0 Å². The molecule has 1 aliphatic heterocycles. The maximum absolute atomic E-state index is 11.2. The summed E-state index contributed by atoms with van der Waals surface area (Å²) in [5, 5.41) is 3.39. The number of carbonyl (C=O) groups excluding carboxylic acids is 1. The summed E-state index contributed by atoms with van der Waals surface area (Å²) in [6.45, 7) is 5.05. The number of aliphatic imine (C=N–C) groups is 1. The molecule has 7 heteroatoms. The number of nitrogens with two attached hydrogens (primary N) is 1. The molecule has 2 rings (SSSR count). The van der Waals surface area contributed by atoms with Crippen LogP contribution in [0.15, 0.2) is 23.3 Å². The summed E-state index contributed by atoms with van der Waals surface area (Å²) >= 11 is 0. The highest BCUT2D eigenvalue weighted by molar-refractivity contribution is 5.80. The Morgan fingerprint density at radius 3 is 3.12 bits per heavy atom. The summed E-state index contributed by atoms with van der Waals surface area (Å²) in [6, 6.07) is 3.91. The lowest BCUT2D eigenvalue weighted by Gasteiger charge is -2.34. The van der Waals surface area contributed by atoms with Gasteiger partial charge < -0.3 is 20.7 Å². The molecule has 0 bridgehead atoms. The van der Waals surface area contributed by atoms with Crippen molar-refractivity contribution < 1.29 is 9.53 Å². The van der Waals surface area contributed by atoms with Crippen molar-refractivity contribution >= 4 is 11.9 Å². The van der Waals surface area contributed by atoms with Crippen LogP contribution >= 0.6 is 0 Å². The monoisotopic (exact) mass is 347 g/mol. The molecule has 7 nitrogen and oxygen atoms in total. The second-order valence-electron chi connectivity index (χ2n) is 6.34. The summed E-state index contributed by atoms with van der Waals surface area (Å²) in [5.41, 5.74) is 6.35. The lowest BCUT2D eigenvalue weighted by Crippen LogP contribution is -2.46. The largest absolute Gasteiger partial charge is 0.477 e. The Morgan fingerprint density at radius 1 is 1.56 bits per heavy atom. The van der Waals surface area contributed by atoms with Crippen LogP contribution in [-0.2, 0) is 11.3 Å². The molecule has 0 saturated carbocycles. The predicted molar refractivity (Wildman–Crippen MR) is 98.3 cm³/mol. The molecule has 1 saturated heterocycles. The second kappa shape index (κ2) is 9.86. The van der Waals surface area contributed by atoms with E-state index >= 15 is 0 Å². The van der Waals surface area contributed by atoms with Crippen LogP contribution in [0.25, 0.3) is 0 Å². The maximum Gasteiger partial charge on any atom is 0.218 e. The first kappa shape index (κ1) is 19.0. The molecule has 25 heavy (non-hydrogen) atoms. The first-order valence-corrected chi connectivity index (χ1v) is 8.94. The van der Waals surface area contributed by atoms with Crippen LogP contribution < -0.4 is 15.8 Å². The maximum atomic E-state index is 11.2. The third-order valence-electron chi connectivity index (χ3n) is 4.25. The van der Waals surface area contributed by atoms with Gasteiger partial charge in [0.15, 0.2) is 5.96 Å². The minimum atomic E-state index is -0.233. The molecule has 0 aliphatic carbocycles.